The van der Waals surface area contributed by atoms with Crippen LogP contribution in [0.25, 0.3) is 0 Å². The van der Waals surface area contributed by atoms with Gasteiger partial charge in [-0.2, -0.15) is 0 Å². The number of hydrogen-bond donors (Lipinski definition) is 1. The molecule has 1 rings (SSSR count). The first-order valence-corrected chi connectivity index (χ1v) is 6.63. The van der Waals surface area contributed by atoms with Crippen LogP contribution < -0.4 is 4.90 Å². The van der Waals surface area contributed by atoms with E-state index in [1.54, 1.807) is 12.3 Å². The molecule has 100 valence electrons. The van der Waals surface area contributed by atoms with Gasteiger partial charge in [-0.15, -0.1) is 0 Å². The Morgan fingerprint density at radius 2 is 1.89 bits per heavy atom. The Balaban J connectivity index is 2.82. The van der Waals surface area contributed by atoms with Crippen LogP contribution in [-0.4, -0.2) is 29.1 Å². The van der Waals surface area contributed by atoms with Gasteiger partial charge in [-0.25, -0.2) is 9.78 Å². The third-order valence-electron chi connectivity index (χ3n) is 2.88. The number of carboxylic acids is 1. The van der Waals surface area contributed by atoms with Crippen LogP contribution in [0.4, 0.5) is 5.82 Å². The summed E-state index contributed by atoms with van der Waals surface area (Å²) in [5.74, 6) is -0.124. The van der Waals surface area contributed by atoms with Crippen molar-refractivity contribution in [1.29, 1.82) is 0 Å². The van der Waals surface area contributed by atoms with Crippen LogP contribution in [0.5, 0.6) is 0 Å². The minimum atomic E-state index is -0.899. The first-order chi connectivity index (χ1) is 8.69. The second-order valence-electron chi connectivity index (χ2n) is 4.40. The molecule has 0 aliphatic carbocycles. The summed E-state index contributed by atoms with van der Waals surface area (Å²) in [4.78, 5) is 17.4. The molecule has 1 aromatic heterocycles. The molecule has 0 aromatic carbocycles. The zero-order valence-corrected chi connectivity index (χ0v) is 11.2. The van der Waals surface area contributed by atoms with Gasteiger partial charge in [0.2, 0.25) is 0 Å². The summed E-state index contributed by atoms with van der Waals surface area (Å²) in [6, 6.07) is 3.19. The molecule has 0 aliphatic rings. The summed E-state index contributed by atoms with van der Waals surface area (Å²) in [6.45, 7) is 6.18. The van der Waals surface area contributed by atoms with Gasteiger partial charge in [0.05, 0.1) is 5.56 Å². The summed E-state index contributed by atoms with van der Waals surface area (Å²) in [5, 5.41) is 9.00. The topological polar surface area (TPSA) is 53.4 Å². The Morgan fingerprint density at radius 1 is 1.28 bits per heavy atom. The van der Waals surface area contributed by atoms with Gasteiger partial charge in [0.15, 0.2) is 0 Å². The fraction of sp³-hybridized carbons (Fsp3) is 0.571. The van der Waals surface area contributed by atoms with Gasteiger partial charge in [0.1, 0.15) is 5.82 Å². The third-order valence-corrected chi connectivity index (χ3v) is 2.88. The van der Waals surface area contributed by atoms with Crippen molar-refractivity contribution in [3.8, 4) is 0 Å². The molecule has 0 unspecified atom stereocenters. The highest BCUT2D eigenvalue weighted by Crippen LogP contribution is 2.14. The lowest BCUT2D eigenvalue weighted by molar-refractivity contribution is 0.0697. The van der Waals surface area contributed by atoms with Crippen LogP contribution in [0, 0.1) is 0 Å². The van der Waals surface area contributed by atoms with E-state index in [4.69, 9.17) is 5.11 Å². The Labute approximate surface area is 109 Å². The van der Waals surface area contributed by atoms with Crippen LogP contribution in [0.1, 0.15) is 49.9 Å². The Hall–Kier alpha value is -1.58. The van der Waals surface area contributed by atoms with Gasteiger partial charge in [0.25, 0.3) is 0 Å². The molecule has 1 aromatic rings. The van der Waals surface area contributed by atoms with E-state index in [2.05, 4.69) is 23.7 Å². The van der Waals surface area contributed by atoms with E-state index in [1.807, 2.05) is 0 Å². The number of carboxylic acid groups (broad SMARTS) is 1. The summed E-state index contributed by atoms with van der Waals surface area (Å²) >= 11 is 0. The van der Waals surface area contributed by atoms with Crippen LogP contribution in [0.15, 0.2) is 18.3 Å². The van der Waals surface area contributed by atoms with E-state index in [0.717, 1.165) is 44.6 Å². The summed E-state index contributed by atoms with van der Waals surface area (Å²) < 4.78 is 0. The van der Waals surface area contributed by atoms with Crippen LogP contribution >= 0.6 is 0 Å². The average Bonchev–Trinajstić information content (AvgIpc) is 2.39. The number of unbranched alkanes of at least 4 members (excludes halogenated alkanes) is 2. The van der Waals surface area contributed by atoms with Crippen LogP contribution in [0.3, 0.4) is 0 Å². The SMILES string of the molecule is CCCCN(CCCC)c1cc(C(=O)O)ccn1. The molecule has 0 fully saturated rings. The van der Waals surface area contributed by atoms with Crippen molar-refractivity contribution in [1.82, 2.24) is 4.98 Å². The van der Waals surface area contributed by atoms with Crippen molar-refractivity contribution >= 4 is 11.8 Å². The minimum absolute atomic E-state index is 0.304. The third kappa shape index (κ3) is 4.35. The van der Waals surface area contributed by atoms with E-state index in [0.29, 0.717) is 5.56 Å². The van der Waals surface area contributed by atoms with Gasteiger partial charge in [-0.3, -0.25) is 0 Å². The molecule has 0 aliphatic heterocycles. The average molecular weight is 250 g/mol. The quantitative estimate of drug-likeness (QED) is 0.770. The maximum absolute atomic E-state index is 11.0. The zero-order chi connectivity index (χ0) is 13.4. The van der Waals surface area contributed by atoms with E-state index >= 15 is 0 Å². The van der Waals surface area contributed by atoms with Crippen molar-refractivity contribution in [3.05, 3.63) is 23.9 Å². The summed E-state index contributed by atoms with van der Waals surface area (Å²) in [5.41, 5.74) is 0.304. The summed E-state index contributed by atoms with van der Waals surface area (Å²) in [7, 11) is 0. The van der Waals surface area contributed by atoms with Gasteiger partial charge < -0.3 is 10.0 Å². The fourth-order valence-corrected chi connectivity index (χ4v) is 1.76. The molecule has 0 atom stereocenters. The molecule has 1 N–H and O–H groups in total. The Bertz CT molecular complexity index is 372. The number of aromatic carboxylic acids is 1. The highest BCUT2D eigenvalue weighted by Gasteiger charge is 2.10. The van der Waals surface area contributed by atoms with Crippen molar-refractivity contribution in [3.63, 3.8) is 0 Å². The molecule has 1 heterocycles. The molecule has 0 saturated carbocycles. The van der Waals surface area contributed by atoms with E-state index < -0.39 is 5.97 Å². The smallest absolute Gasteiger partial charge is 0.335 e. The monoisotopic (exact) mass is 250 g/mol. The second-order valence-corrected chi connectivity index (χ2v) is 4.40. The lowest BCUT2D eigenvalue weighted by Gasteiger charge is -2.23. The second kappa shape index (κ2) is 7.69. The maximum atomic E-state index is 11.0. The predicted molar refractivity (Wildman–Crippen MR) is 73.2 cm³/mol. The van der Waals surface area contributed by atoms with Crippen molar-refractivity contribution < 1.29 is 9.90 Å². The molecule has 18 heavy (non-hydrogen) atoms. The Kier molecular flexibility index (Phi) is 6.19. The molecule has 0 spiro atoms. The molecule has 0 saturated heterocycles. The van der Waals surface area contributed by atoms with Crippen molar-refractivity contribution in [2.45, 2.75) is 39.5 Å². The largest absolute Gasteiger partial charge is 0.478 e. The number of anilines is 1. The molecule has 0 amide bonds. The van der Waals surface area contributed by atoms with Gasteiger partial charge in [0, 0.05) is 19.3 Å². The van der Waals surface area contributed by atoms with Gasteiger partial charge in [-0.1, -0.05) is 26.7 Å². The first-order valence-electron chi connectivity index (χ1n) is 6.63. The molecular weight excluding hydrogens is 228 g/mol. The Morgan fingerprint density at radius 3 is 2.39 bits per heavy atom. The van der Waals surface area contributed by atoms with Crippen LogP contribution in [-0.2, 0) is 0 Å². The predicted octanol–water partition coefficient (Wildman–Crippen LogP) is 3.19. The van der Waals surface area contributed by atoms with Crippen molar-refractivity contribution in [2.75, 3.05) is 18.0 Å². The molecule has 4 heteroatoms. The highest BCUT2D eigenvalue weighted by atomic mass is 16.4. The minimum Gasteiger partial charge on any atom is -0.478 e. The van der Waals surface area contributed by atoms with E-state index in [1.165, 1.54) is 6.07 Å². The number of pyridine rings is 1. The van der Waals surface area contributed by atoms with Gasteiger partial charge >= 0.3 is 5.97 Å². The highest BCUT2D eigenvalue weighted by molar-refractivity contribution is 5.88. The number of rotatable bonds is 8. The lowest BCUT2D eigenvalue weighted by Crippen LogP contribution is -2.26. The lowest BCUT2D eigenvalue weighted by atomic mass is 10.2. The number of carbonyl (C=O) groups is 1. The van der Waals surface area contributed by atoms with Crippen LogP contribution in [0.2, 0.25) is 0 Å². The fourth-order valence-electron chi connectivity index (χ4n) is 1.76. The molecule has 0 bridgehead atoms. The standard InChI is InChI=1S/C14H22N2O2/c1-3-5-9-16(10-6-4-2)13-11-12(14(17)18)7-8-15-13/h7-8,11H,3-6,9-10H2,1-2H3,(H,17,18). The number of aromatic nitrogens is 1. The van der Waals surface area contributed by atoms with Crippen molar-refractivity contribution in [2.24, 2.45) is 0 Å². The van der Waals surface area contributed by atoms with E-state index in [9.17, 15) is 4.79 Å². The number of hydrogen-bond acceptors (Lipinski definition) is 3. The van der Waals surface area contributed by atoms with Gasteiger partial charge in [-0.05, 0) is 25.0 Å². The number of nitrogens with zero attached hydrogens (tertiary/aromatic N) is 2. The normalized spacial score (nSPS) is 10.3. The first kappa shape index (κ1) is 14.5. The molecule has 4 nitrogen and oxygen atoms in total. The summed E-state index contributed by atoms with van der Waals surface area (Å²) in [6.07, 6.45) is 6.03. The van der Waals surface area contributed by atoms with E-state index in [-0.39, 0.29) is 0 Å². The molecule has 0 radical (unpaired) electrons. The maximum Gasteiger partial charge on any atom is 0.335 e. The molecular formula is C14H22N2O2. The zero-order valence-electron chi connectivity index (χ0n) is 11.2.